The van der Waals surface area contributed by atoms with E-state index in [0.717, 1.165) is 24.9 Å². The van der Waals surface area contributed by atoms with Crippen molar-refractivity contribution in [1.82, 2.24) is 10.6 Å². The summed E-state index contributed by atoms with van der Waals surface area (Å²) in [5.74, 6) is 0.106. The zero-order valence-corrected chi connectivity index (χ0v) is 11.4. The summed E-state index contributed by atoms with van der Waals surface area (Å²) in [5.41, 5.74) is 1.99. The van der Waals surface area contributed by atoms with Crippen LogP contribution in [0.3, 0.4) is 0 Å². The first kappa shape index (κ1) is 13.1. The second-order valence-electron chi connectivity index (χ2n) is 5.47. The third-order valence-corrected chi connectivity index (χ3v) is 3.76. The lowest BCUT2D eigenvalue weighted by Crippen LogP contribution is -2.51. The molecule has 2 rings (SSSR count). The maximum absolute atomic E-state index is 12.3. The highest BCUT2D eigenvalue weighted by Gasteiger charge is 2.36. The number of carbonyl (C=O) groups is 1. The third kappa shape index (κ3) is 2.72. The van der Waals surface area contributed by atoms with Crippen molar-refractivity contribution in [1.29, 1.82) is 0 Å². The van der Waals surface area contributed by atoms with Gasteiger partial charge in [0.2, 0.25) is 5.91 Å². The van der Waals surface area contributed by atoms with Gasteiger partial charge in [0.1, 0.15) is 0 Å². The maximum atomic E-state index is 12.3. The Balaban J connectivity index is 2.03. The monoisotopic (exact) mass is 246 g/mol. The largest absolute Gasteiger partial charge is 0.348 e. The Hall–Kier alpha value is -1.35. The first-order chi connectivity index (χ1) is 8.51. The predicted molar refractivity (Wildman–Crippen MR) is 73.4 cm³/mol. The second-order valence-corrected chi connectivity index (χ2v) is 5.47. The van der Waals surface area contributed by atoms with E-state index in [2.05, 4.69) is 35.8 Å². The van der Waals surface area contributed by atoms with E-state index in [1.54, 1.807) is 0 Å². The van der Waals surface area contributed by atoms with Gasteiger partial charge in [-0.05, 0) is 45.7 Å². The highest BCUT2D eigenvalue weighted by molar-refractivity contribution is 5.86. The number of hydrogen-bond acceptors (Lipinski definition) is 2. The molecular formula is C15H22N2O. The molecule has 0 aromatic heterocycles. The van der Waals surface area contributed by atoms with Crippen LogP contribution >= 0.6 is 0 Å². The standard InChI is InChI=1S/C15H22N2O/c1-11-6-4-7-13(10-11)12(2)17-14(18)15(3)8-5-9-16-15/h4,6-7,10,12,16H,5,8-9H2,1-3H3,(H,17,18)/t12-,15?/m0/s1. The Morgan fingerprint density at radius 1 is 1.50 bits per heavy atom. The van der Waals surface area contributed by atoms with E-state index in [9.17, 15) is 4.79 Å². The van der Waals surface area contributed by atoms with Crippen molar-refractivity contribution in [2.75, 3.05) is 6.54 Å². The van der Waals surface area contributed by atoms with Crippen molar-refractivity contribution in [3.05, 3.63) is 35.4 Å². The van der Waals surface area contributed by atoms with Crippen LogP contribution in [0.25, 0.3) is 0 Å². The highest BCUT2D eigenvalue weighted by atomic mass is 16.2. The quantitative estimate of drug-likeness (QED) is 0.859. The van der Waals surface area contributed by atoms with Crippen LogP contribution in [0.1, 0.15) is 43.9 Å². The van der Waals surface area contributed by atoms with Crippen molar-refractivity contribution in [3.63, 3.8) is 0 Å². The van der Waals surface area contributed by atoms with Gasteiger partial charge in [0.25, 0.3) is 0 Å². The summed E-state index contributed by atoms with van der Waals surface area (Å²) in [6.45, 7) is 7.02. The summed E-state index contributed by atoms with van der Waals surface area (Å²) in [6, 6.07) is 8.33. The number of benzene rings is 1. The molecule has 1 saturated heterocycles. The van der Waals surface area contributed by atoms with Crippen LogP contribution in [-0.4, -0.2) is 18.0 Å². The van der Waals surface area contributed by atoms with Crippen molar-refractivity contribution < 1.29 is 4.79 Å². The Kier molecular flexibility index (Phi) is 3.71. The van der Waals surface area contributed by atoms with Crippen LogP contribution in [0.2, 0.25) is 0 Å². The van der Waals surface area contributed by atoms with E-state index >= 15 is 0 Å². The lowest BCUT2D eigenvalue weighted by Gasteiger charge is -2.26. The lowest BCUT2D eigenvalue weighted by atomic mass is 9.98. The van der Waals surface area contributed by atoms with Crippen LogP contribution in [0.15, 0.2) is 24.3 Å². The molecule has 98 valence electrons. The molecule has 1 aromatic carbocycles. The highest BCUT2D eigenvalue weighted by Crippen LogP contribution is 2.21. The molecule has 0 bridgehead atoms. The van der Waals surface area contributed by atoms with Crippen molar-refractivity contribution in [2.45, 2.75) is 45.2 Å². The van der Waals surface area contributed by atoms with E-state index < -0.39 is 5.54 Å². The molecule has 2 atom stereocenters. The summed E-state index contributed by atoms with van der Waals surface area (Å²) in [5, 5.41) is 6.39. The predicted octanol–water partition coefficient (Wildman–Crippen LogP) is 2.31. The average Bonchev–Trinajstić information content (AvgIpc) is 2.77. The minimum Gasteiger partial charge on any atom is -0.348 e. The fraction of sp³-hybridized carbons (Fsp3) is 0.533. The number of carbonyl (C=O) groups excluding carboxylic acids is 1. The molecule has 3 heteroatoms. The smallest absolute Gasteiger partial charge is 0.240 e. The van der Waals surface area contributed by atoms with Gasteiger partial charge in [-0.1, -0.05) is 29.8 Å². The van der Waals surface area contributed by atoms with Gasteiger partial charge in [-0.2, -0.15) is 0 Å². The number of hydrogen-bond donors (Lipinski definition) is 2. The fourth-order valence-corrected chi connectivity index (χ4v) is 2.47. The maximum Gasteiger partial charge on any atom is 0.240 e. The second kappa shape index (κ2) is 5.11. The van der Waals surface area contributed by atoms with Gasteiger partial charge < -0.3 is 10.6 Å². The molecule has 3 nitrogen and oxygen atoms in total. The Morgan fingerprint density at radius 2 is 2.28 bits per heavy atom. The first-order valence-electron chi connectivity index (χ1n) is 6.64. The molecular weight excluding hydrogens is 224 g/mol. The molecule has 2 N–H and O–H groups in total. The molecule has 1 aromatic rings. The Labute approximate surface area is 109 Å². The minimum atomic E-state index is -0.391. The summed E-state index contributed by atoms with van der Waals surface area (Å²) in [4.78, 5) is 12.3. The summed E-state index contributed by atoms with van der Waals surface area (Å²) in [7, 11) is 0. The number of rotatable bonds is 3. The average molecular weight is 246 g/mol. The molecule has 0 radical (unpaired) electrons. The van der Waals surface area contributed by atoms with Gasteiger partial charge in [-0.15, -0.1) is 0 Å². The molecule has 1 amide bonds. The van der Waals surface area contributed by atoms with Gasteiger partial charge in [0.05, 0.1) is 11.6 Å². The third-order valence-electron chi connectivity index (χ3n) is 3.76. The van der Waals surface area contributed by atoms with Gasteiger partial charge in [0, 0.05) is 0 Å². The van der Waals surface area contributed by atoms with E-state index in [0.29, 0.717) is 0 Å². The zero-order chi connectivity index (χ0) is 13.2. The van der Waals surface area contributed by atoms with Crippen LogP contribution in [0.4, 0.5) is 0 Å². The van der Waals surface area contributed by atoms with Crippen LogP contribution < -0.4 is 10.6 Å². The van der Waals surface area contributed by atoms with Crippen LogP contribution in [-0.2, 0) is 4.79 Å². The molecule has 0 saturated carbocycles. The summed E-state index contributed by atoms with van der Waals surface area (Å²) in [6.07, 6.45) is 1.99. The van der Waals surface area contributed by atoms with Crippen molar-refractivity contribution in [3.8, 4) is 0 Å². The topological polar surface area (TPSA) is 41.1 Å². The van der Waals surface area contributed by atoms with Crippen LogP contribution in [0.5, 0.6) is 0 Å². The van der Waals surface area contributed by atoms with Crippen molar-refractivity contribution in [2.24, 2.45) is 0 Å². The zero-order valence-electron chi connectivity index (χ0n) is 11.4. The number of amides is 1. The molecule has 0 aliphatic carbocycles. The molecule has 1 aliphatic heterocycles. The SMILES string of the molecule is Cc1cccc([C@H](C)NC(=O)C2(C)CCCN2)c1. The van der Waals surface area contributed by atoms with E-state index in [4.69, 9.17) is 0 Å². The molecule has 18 heavy (non-hydrogen) atoms. The van der Waals surface area contributed by atoms with E-state index in [-0.39, 0.29) is 11.9 Å². The molecule has 0 spiro atoms. The summed E-state index contributed by atoms with van der Waals surface area (Å²) >= 11 is 0. The van der Waals surface area contributed by atoms with Gasteiger partial charge in [-0.25, -0.2) is 0 Å². The molecule has 1 aliphatic rings. The normalized spacial score (nSPS) is 24.8. The van der Waals surface area contributed by atoms with Crippen LogP contribution in [0, 0.1) is 6.92 Å². The first-order valence-corrected chi connectivity index (χ1v) is 6.64. The number of aryl methyl sites for hydroxylation is 1. The molecule has 1 heterocycles. The Morgan fingerprint density at radius 3 is 2.89 bits per heavy atom. The van der Waals surface area contributed by atoms with E-state index in [1.807, 2.05) is 19.9 Å². The van der Waals surface area contributed by atoms with Gasteiger partial charge >= 0.3 is 0 Å². The molecule has 1 unspecified atom stereocenters. The molecule has 1 fully saturated rings. The van der Waals surface area contributed by atoms with Gasteiger partial charge in [-0.3, -0.25) is 4.79 Å². The fourth-order valence-electron chi connectivity index (χ4n) is 2.47. The van der Waals surface area contributed by atoms with E-state index in [1.165, 1.54) is 5.56 Å². The van der Waals surface area contributed by atoms with Crippen molar-refractivity contribution >= 4 is 5.91 Å². The lowest BCUT2D eigenvalue weighted by molar-refractivity contribution is -0.127. The minimum absolute atomic E-state index is 0.0524. The summed E-state index contributed by atoms with van der Waals surface area (Å²) < 4.78 is 0. The van der Waals surface area contributed by atoms with Gasteiger partial charge in [0.15, 0.2) is 0 Å². The number of nitrogens with one attached hydrogen (secondary N) is 2. The Bertz CT molecular complexity index is 436.